The van der Waals surface area contributed by atoms with Gasteiger partial charge in [0.15, 0.2) is 11.5 Å². The van der Waals surface area contributed by atoms with Crippen LogP contribution in [-0.2, 0) is 16.6 Å². The van der Waals surface area contributed by atoms with Crippen molar-refractivity contribution in [2.24, 2.45) is 0 Å². The highest BCUT2D eigenvalue weighted by atomic mass is 16.5. The lowest BCUT2D eigenvalue weighted by molar-refractivity contribution is -0.115. The Bertz CT molecular complexity index is 1460. The second-order valence-electron chi connectivity index (χ2n) is 7.97. The molecule has 0 spiro atoms. The topological polar surface area (TPSA) is 125 Å². The average molecular weight is 440 g/mol. The second kappa shape index (κ2) is 8.07. The predicted molar refractivity (Wildman–Crippen MR) is 123 cm³/mol. The molecule has 0 atom stereocenters. The Labute approximate surface area is 194 Å². The number of benzene rings is 1. The molecule has 3 aromatic heterocycles. The number of carbonyl (C=O) groups excluding carboxylic acids is 1. The third-order valence-corrected chi connectivity index (χ3v) is 4.87. The van der Waals surface area contributed by atoms with Gasteiger partial charge in [0.05, 0.1) is 11.8 Å². The third-order valence-electron chi connectivity index (χ3n) is 4.87. The van der Waals surface area contributed by atoms with Gasteiger partial charge >= 0.3 is 0 Å². The van der Waals surface area contributed by atoms with Crippen molar-refractivity contribution in [3.63, 3.8) is 0 Å². The number of anilines is 2. The molecule has 0 aliphatic carbocycles. The number of aromatic nitrogens is 5. The van der Waals surface area contributed by atoms with Crippen LogP contribution in [0.3, 0.4) is 0 Å². The summed E-state index contributed by atoms with van der Waals surface area (Å²) in [6.45, 7) is -0.753. The first-order chi connectivity index (χ1) is 17.6. The largest absolute Gasteiger partial charge is 0.383 e. The van der Waals surface area contributed by atoms with Crippen molar-refractivity contribution in [2.75, 3.05) is 11.1 Å². The predicted octanol–water partition coefficient (Wildman–Crippen LogP) is 4.12. The first kappa shape index (κ1) is 15.1. The van der Waals surface area contributed by atoms with Crippen LogP contribution in [0.1, 0.15) is 60.1 Å². The van der Waals surface area contributed by atoms with Gasteiger partial charge in [-0.15, -0.1) is 0 Å². The normalized spacial score (nSPS) is 15.5. The van der Waals surface area contributed by atoms with E-state index in [1.807, 2.05) is 26.0 Å². The van der Waals surface area contributed by atoms with Crippen LogP contribution in [0.5, 0.6) is 0 Å². The lowest BCUT2D eigenvalue weighted by Crippen LogP contribution is -2.14. The van der Waals surface area contributed by atoms with E-state index in [4.69, 9.17) is 18.5 Å². The van der Waals surface area contributed by atoms with E-state index in [2.05, 4.69) is 25.5 Å². The van der Waals surface area contributed by atoms with Gasteiger partial charge < -0.3 is 15.6 Å². The number of nitrogens with two attached hydrogens (primary N) is 1. The molecule has 3 heterocycles. The van der Waals surface area contributed by atoms with Crippen molar-refractivity contribution in [1.82, 2.24) is 24.9 Å². The highest BCUT2D eigenvalue weighted by Crippen LogP contribution is 2.31. The first-order valence-corrected chi connectivity index (χ1v) is 9.98. The Hall–Kier alpha value is -3.75. The van der Waals surface area contributed by atoms with Crippen LogP contribution < -0.4 is 11.1 Å². The van der Waals surface area contributed by atoms with E-state index in [0.717, 1.165) is 18.6 Å². The number of carbonyl (C=O) groups is 1. The smallest absolute Gasteiger partial charge is 0.230 e. The van der Waals surface area contributed by atoms with Gasteiger partial charge in [0, 0.05) is 31.3 Å². The first-order valence-electron chi connectivity index (χ1n) is 13.0. The summed E-state index contributed by atoms with van der Waals surface area (Å²) in [7, 11) is 0. The number of hydrogen-bond donors (Lipinski definition) is 2. The number of nitrogens with zero attached hydrogens (tertiary/aromatic N) is 5. The monoisotopic (exact) mass is 439 g/mol. The molecular formula is C23H27N7O2. The maximum Gasteiger partial charge on any atom is 0.230 e. The van der Waals surface area contributed by atoms with E-state index in [9.17, 15) is 4.79 Å². The summed E-state index contributed by atoms with van der Waals surface area (Å²) in [4.78, 5) is 21.0. The standard InChI is InChI=1S/C23H27N7O2/c1-13(2)30-22-19(21(24)25-12-26-22)20(28-30)15-8-6-14(7-9-15)10-18(31)27-17-11-16(32-29-17)23(3,4)5/h6-9,11-13H,10H2,1-5H3,(H2,24,25,26)(H,27,29,31)/i3D3,4D3. The Balaban J connectivity index is 1.52. The van der Waals surface area contributed by atoms with E-state index in [-0.39, 0.29) is 24.0 Å². The highest BCUT2D eigenvalue weighted by Gasteiger charge is 2.21. The molecule has 9 heteroatoms. The molecule has 4 rings (SSSR count). The van der Waals surface area contributed by atoms with Gasteiger partial charge in [0.2, 0.25) is 5.91 Å². The minimum absolute atomic E-state index is 0.0231. The maximum atomic E-state index is 12.6. The maximum absolute atomic E-state index is 12.6. The van der Waals surface area contributed by atoms with Gasteiger partial charge in [-0.1, -0.05) is 50.0 Å². The molecule has 0 saturated carbocycles. The summed E-state index contributed by atoms with van der Waals surface area (Å²) in [5.74, 6) is -0.578. The Morgan fingerprint density at radius 3 is 2.72 bits per heavy atom. The lowest BCUT2D eigenvalue weighted by atomic mass is 9.93. The van der Waals surface area contributed by atoms with Gasteiger partial charge in [-0.2, -0.15) is 5.10 Å². The third kappa shape index (κ3) is 4.18. The van der Waals surface area contributed by atoms with Crippen molar-refractivity contribution < 1.29 is 17.5 Å². The van der Waals surface area contributed by atoms with Gasteiger partial charge in [0.25, 0.3) is 0 Å². The summed E-state index contributed by atoms with van der Waals surface area (Å²) in [6.07, 6.45) is 1.37. The van der Waals surface area contributed by atoms with E-state index in [0.29, 0.717) is 28.1 Å². The van der Waals surface area contributed by atoms with E-state index >= 15 is 0 Å². The fourth-order valence-corrected chi connectivity index (χ4v) is 3.28. The fourth-order valence-electron chi connectivity index (χ4n) is 3.28. The van der Waals surface area contributed by atoms with Crippen LogP contribution >= 0.6 is 0 Å². The molecule has 0 fully saturated rings. The average Bonchev–Trinajstić information content (AvgIpc) is 3.43. The van der Waals surface area contributed by atoms with Crippen molar-refractivity contribution >= 4 is 28.6 Å². The van der Waals surface area contributed by atoms with Gasteiger partial charge in [-0.25, -0.2) is 14.6 Å². The zero-order valence-corrected chi connectivity index (χ0v) is 17.9. The van der Waals surface area contributed by atoms with Crippen LogP contribution in [0.4, 0.5) is 11.6 Å². The van der Waals surface area contributed by atoms with Crippen LogP contribution in [0, 0.1) is 0 Å². The van der Waals surface area contributed by atoms with Crippen LogP contribution in [0.15, 0.2) is 41.2 Å². The minimum Gasteiger partial charge on any atom is -0.383 e. The Morgan fingerprint density at radius 2 is 2.03 bits per heavy atom. The zero-order valence-electron chi connectivity index (χ0n) is 23.9. The molecule has 1 amide bonds. The molecule has 1 aromatic carbocycles. The van der Waals surface area contributed by atoms with Crippen molar-refractivity contribution in [1.29, 1.82) is 0 Å². The van der Waals surface area contributed by atoms with Crippen LogP contribution in [-0.4, -0.2) is 30.8 Å². The molecule has 0 unspecified atom stereocenters. The number of hydrogen-bond acceptors (Lipinski definition) is 7. The quantitative estimate of drug-likeness (QED) is 0.479. The summed E-state index contributed by atoms with van der Waals surface area (Å²) < 4.78 is 53.1. The van der Waals surface area contributed by atoms with Gasteiger partial charge in [0.1, 0.15) is 23.6 Å². The summed E-state index contributed by atoms with van der Waals surface area (Å²) >= 11 is 0. The molecule has 0 aliphatic rings. The fraction of sp³-hybridized carbons (Fsp3) is 0.348. The molecule has 32 heavy (non-hydrogen) atoms. The molecule has 0 bridgehead atoms. The lowest BCUT2D eigenvalue weighted by Gasteiger charge is -2.12. The summed E-state index contributed by atoms with van der Waals surface area (Å²) in [6, 6.07) is 8.34. The molecule has 3 N–H and O–H groups in total. The number of fused-ring (bicyclic) bond motifs is 1. The van der Waals surface area contributed by atoms with Gasteiger partial charge in [-0.05, 0) is 19.4 Å². The van der Waals surface area contributed by atoms with E-state index in [1.165, 1.54) is 6.33 Å². The van der Waals surface area contributed by atoms with E-state index in [1.54, 1.807) is 16.8 Å². The molecule has 4 aromatic rings. The minimum atomic E-state index is -2.89. The molecule has 0 aliphatic heterocycles. The SMILES string of the molecule is [2H]C([2H])([2H])C(C)(c1cc(NC(=O)Cc2ccc(-c3nn(C(C)C)c4ncnc(N)c34)cc2)no1)C([2H])([2H])[2H]. The number of nitrogen functional groups attached to an aromatic ring is 1. The Kier molecular flexibility index (Phi) is 3.81. The van der Waals surface area contributed by atoms with Crippen molar-refractivity contribution in [3.05, 3.63) is 48.0 Å². The van der Waals surface area contributed by atoms with E-state index < -0.39 is 25.0 Å². The van der Waals surface area contributed by atoms with Gasteiger partial charge in [-0.3, -0.25) is 4.79 Å². The van der Waals surface area contributed by atoms with Crippen LogP contribution in [0.2, 0.25) is 0 Å². The molecule has 9 nitrogen and oxygen atoms in total. The van der Waals surface area contributed by atoms with Crippen molar-refractivity contribution in [2.45, 2.75) is 52.4 Å². The second-order valence-corrected chi connectivity index (χ2v) is 7.97. The Morgan fingerprint density at radius 1 is 1.28 bits per heavy atom. The molecule has 0 radical (unpaired) electrons. The summed E-state index contributed by atoms with van der Waals surface area (Å²) in [5, 5.41) is 11.5. The van der Waals surface area contributed by atoms with Crippen LogP contribution in [0.25, 0.3) is 22.3 Å². The molecule has 166 valence electrons. The zero-order chi connectivity index (χ0) is 28.0. The molecular weight excluding hydrogens is 406 g/mol. The molecule has 0 saturated heterocycles. The number of nitrogens with one attached hydrogen (secondary N) is 1. The highest BCUT2D eigenvalue weighted by molar-refractivity contribution is 5.98. The van der Waals surface area contributed by atoms with Crippen molar-refractivity contribution in [3.8, 4) is 11.3 Å². The summed E-state index contributed by atoms with van der Waals surface area (Å²) in [5.41, 5.74) is 6.54. The number of amides is 1. The number of rotatable bonds is 5.